The van der Waals surface area contributed by atoms with Gasteiger partial charge in [-0.05, 0) is 43.9 Å². The van der Waals surface area contributed by atoms with Gasteiger partial charge >= 0.3 is 0 Å². The van der Waals surface area contributed by atoms with Crippen LogP contribution in [0.25, 0.3) is 10.9 Å². The molecule has 1 aromatic carbocycles. The van der Waals surface area contributed by atoms with Crippen LogP contribution in [-0.2, 0) is 16.0 Å². The van der Waals surface area contributed by atoms with E-state index in [0.29, 0.717) is 67.7 Å². The zero-order valence-electron chi connectivity index (χ0n) is 19.5. The largest absolute Gasteiger partial charge is 0.383 e. The van der Waals surface area contributed by atoms with Gasteiger partial charge in [-0.3, -0.25) is 14.4 Å². The number of piperidine rings is 1. The number of hydrogen-bond donors (Lipinski definition) is 1. The number of likely N-dealkylation sites (tertiary alicyclic amines) is 1. The summed E-state index contributed by atoms with van der Waals surface area (Å²) in [7, 11) is 3.73. The Morgan fingerprint density at radius 3 is 2.64 bits per heavy atom. The number of rotatable bonds is 8. The average molecular weight is 455 g/mol. The molecule has 8 heteroatoms. The van der Waals surface area contributed by atoms with Crippen molar-refractivity contribution < 1.29 is 14.0 Å². The van der Waals surface area contributed by atoms with E-state index >= 15 is 0 Å². The molecule has 0 saturated carbocycles. The monoisotopic (exact) mass is 454 g/mol. The number of allylic oxidation sites excluding steroid dienone is 2. The van der Waals surface area contributed by atoms with Crippen molar-refractivity contribution in [1.29, 1.82) is 0 Å². The summed E-state index contributed by atoms with van der Waals surface area (Å²) < 4.78 is 13.6. The summed E-state index contributed by atoms with van der Waals surface area (Å²) in [6, 6.07) is 2.54. The summed E-state index contributed by atoms with van der Waals surface area (Å²) >= 11 is 0. The van der Waals surface area contributed by atoms with Crippen molar-refractivity contribution in [2.24, 2.45) is 5.92 Å². The van der Waals surface area contributed by atoms with E-state index in [1.54, 1.807) is 24.1 Å². The number of nitrogens with zero attached hydrogens (tertiary/aromatic N) is 3. The van der Waals surface area contributed by atoms with E-state index in [-0.39, 0.29) is 28.6 Å². The van der Waals surface area contributed by atoms with Crippen LogP contribution in [-0.4, -0.2) is 58.6 Å². The van der Waals surface area contributed by atoms with Crippen LogP contribution in [0.15, 0.2) is 41.4 Å². The Balaban J connectivity index is 1.53. The van der Waals surface area contributed by atoms with Gasteiger partial charge in [0.1, 0.15) is 11.6 Å². The first-order valence-electron chi connectivity index (χ1n) is 11.2. The predicted molar refractivity (Wildman–Crippen MR) is 126 cm³/mol. The van der Waals surface area contributed by atoms with Gasteiger partial charge in [-0.25, -0.2) is 9.37 Å². The van der Waals surface area contributed by atoms with Crippen LogP contribution in [0.1, 0.15) is 37.1 Å². The maximum absolute atomic E-state index is 13.6. The molecule has 1 aromatic heterocycles. The van der Waals surface area contributed by atoms with Crippen molar-refractivity contribution in [2.45, 2.75) is 39.0 Å². The second-order valence-electron chi connectivity index (χ2n) is 8.76. The van der Waals surface area contributed by atoms with Crippen molar-refractivity contribution >= 4 is 22.6 Å². The molecule has 1 saturated heterocycles. The maximum Gasteiger partial charge on any atom is 0.258 e. The number of benzene rings is 1. The maximum atomic E-state index is 13.6. The molecule has 176 valence electrons. The lowest BCUT2D eigenvalue weighted by atomic mass is 9.88. The fraction of sp³-hybridized carbons (Fsp3) is 0.440. The number of Topliss-reactive ketones (excluding diaryl/α,β-unsaturated/α-hetero) is 1. The first kappa shape index (κ1) is 24.4. The zero-order chi connectivity index (χ0) is 24.1. The van der Waals surface area contributed by atoms with Crippen molar-refractivity contribution in [1.82, 2.24) is 19.8 Å². The molecule has 0 bridgehead atoms. The number of amides is 1. The minimum Gasteiger partial charge on any atom is -0.383 e. The molecule has 33 heavy (non-hydrogen) atoms. The van der Waals surface area contributed by atoms with Crippen molar-refractivity contribution in [2.75, 3.05) is 27.2 Å². The summed E-state index contributed by atoms with van der Waals surface area (Å²) in [5, 5.41) is 0.227. The molecular formula is C25H31FN4O3. The average Bonchev–Trinajstić information content (AvgIpc) is 2.77. The van der Waals surface area contributed by atoms with Gasteiger partial charge in [0, 0.05) is 57.7 Å². The molecular weight excluding hydrogens is 423 g/mol. The molecule has 0 unspecified atom stereocenters. The van der Waals surface area contributed by atoms with E-state index in [2.05, 4.69) is 16.5 Å². The topological polar surface area (TPSA) is 86.4 Å². The molecule has 7 nitrogen and oxygen atoms in total. The van der Waals surface area contributed by atoms with Gasteiger partial charge in [0.25, 0.3) is 5.56 Å². The second-order valence-corrected chi connectivity index (χ2v) is 8.76. The van der Waals surface area contributed by atoms with Crippen LogP contribution in [0.3, 0.4) is 0 Å². The number of aromatic amines is 1. The van der Waals surface area contributed by atoms with Gasteiger partial charge in [-0.1, -0.05) is 12.7 Å². The fourth-order valence-corrected chi connectivity index (χ4v) is 4.22. The van der Waals surface area contributed by atoms with Crippen molar-refractivity contribution in [3.8, 4) is 0 Å². The van der Waals surface area contributed by atoms with Gasteiger partial charge in [-0.2, -0.15) is 0 Å². The highest BCUT2D eigenvalue weighted by Crippen LogP contribution is 2.23. The summed E-state index contributed by atoms with van der Waals surface area (Å²) in [5.74, 6) is 0.0371. The Morgan fingerprint density at radius 1 is 1.30 bits per heavy atom. The summed E-state index contributed by atoms with van der Waals surface area (Å²) in [5.41, 5.74) is 1.30. The third-order valence-electron chi connectivity index (χ3n) is 5.94. The smallest absolute Gasteiger partial charge is 0.258 e. The number of fused-ring (bicyclic) bond motifs is 1. The Labute approximate surface area is 193 Å². The molecule has 0 spiro atoms. The highest BCUT2D eigenvalue weighted by atomic mass is 19.1. The quantitative estimate of drug-likeness (QED) is 0.489. The molecule has 1 aliphatic heterocycles. The fourth-order valence-electron chi connectivity index (χ4n) is 4.22. The lowest BCUT2D eigenvalue weighted by Gasteiger charge is -2.31. The molecule has 0 radical (unpaired) electrons. The highest BCUT2D eigenvalue weighted by Gasteiger charge is 2.28. The first-order valence-corrected chi connectivity index (χ1v) is 11.2. The van der Waals surface area contributed by atoms with E-state index < -0.39 is 5.82 Å². The van der Waals surface area contributed by atoms with E-state index in [9.17, 15) is 18.8 Å². The van der Waals surface area contributed by atoms with E-state index in [4.69, 9.17) is 0 Å². The Bertz CT molecular complexity index is 1140. The van der Waals surface area contributed by atoms with Gasteiger partial charge in [-0.15, -0.1) is 0 Å². The van der Waals surface area contributed by atoms with E-state index in [1.165, 1.54) is 12.1 Å². The lowest BCUT2D eigenvalue weighted by molar-refractivity contribution is -0.134. The molecule has 0 aliphatic carbocycles. The molecule has 2 aromatic rings. The standard InChI is InChI=1S/C25H31FN4O3/c1-5-17(15-29(3)4)24(32)18-9-11-30(12-10-18)22(31)8-6-7-21-27-23-16(2)13-19(26)14-20(23)25(33)28-21/h5,13-15,18H,1,6-12H2,2-4H3,(H,27,28,33)/b17-15+. The van der Waals surface area contributed by atoms with Crippen LogP contribution < -0.4 is 5.56 Å². The van der Waals surface area contributed by atoms with Crippen LogP contribution in [0, 0.1) is 18.7 Å². The van der Waals surface area contributed by atoms with Crippen molar-refractivity contribution in [3.05, 3.63) is 64.1 Å². The summed E-state index contributed by atoms with van der Waals surface area (Å²) in [6.45, 7) is 6.56. The molecule has 1 fully saturated rings. The van der Waals surface area contributed by atoms with E-state index in [0.717, 1.165) is 0 Å². The lowest BCUT2D eigenvalue weighted by Crippen LogP contribution is -2.40. The SMILES string of the molecule is C=C/C(=C\N(C)C)C(=O)C1CCN(C(=O)CCCc2nc3c(C)cc(F)cc3c(=O)[nH]2)CC1. The molecule has 0 atom stereocenters. The number of H-pyrrole nitrogens is 1. The van der Waals surface area contributed by atoms with Crippen molar-refractivity contribution in [3.63, 3.8) is 0 Å². The number of hydrogen-bond acceptors (Lipinski definition) is 5. The molecule has 3 rings (SSSR count). The Morgan fingerprint density at radius 2 is 2.00 bits per heavy atom. The molecule has 1 aliphatic rings. The van der Waals surface area contributed by atoms with Gasteiger partial charge in [0.15, 0.2) is 5.78 Å². The molecule has 1 N–H and O–H groups in total. The minimum absolute atomic E-state index is 0.0371. The van der Waals surface area contributed by atoms with Gasteiger partial charge in [0.2, 0.25) is 5.91 Å². The normalized spacial score (nSPS) is 15.0. The van der Waals surface area contributed by atoms with Gasteiger partial charge < -0.3 is 14.8 Å². The molecule has 1 amide bonds. The number of nitrogens with one attached hydrogen (secondary N) is 1. The number of aromatic nitrogens is 2. The number of halogens is 1. The van der Waals surface area contributed by atoms with E-state index in [1.807, 2.05) is 19.0 Å². The minimum atomic E-state index is -0.467. The Kier molecular flexibility index (Phi) is 7.79. The van der Waals surface area contributed by atoms with Crippen LogP contribution in [0.5, 0.6) is 0 Å². The third kappa shape index (κ3) is 5.94. The summed E-state index contributed by atoms with van der Waals surface area (Å²) in [4.78, 5) is 48.4. The number of carbonyl (C=O) groups excluding carboxylic acids is 2. The molecule has 2 heterocycles. The number of ketones is 1. The highest BCUT2D eigenvalue weighted by molar-refractivity contribution is 5.99. The number of carbonyl (C=O) groups is 2. The van der Waals surface area contributed by atoms with Crippen LogP contribution in [0.2, 0.25) is 0 Å². The Hall–Kier alpha value is -3.29. The first-order chi connectivity index (χ1) is 15.7. The van der Waals surface area contributed by atoms with Crippen LogP contribution >= 0.6 is 0 Å². The number of aryl methyl sites for hydroxylation is 2. The third-order valence-corrected chi connectivity index (χ3v) is 5.94. The zero-order valence-corrected chi connectivity index (χ0v) is 19.5. The predicted octanol–water partition coefficient (Wildman–Crippen LogP) is 3.13. The second kappa shape index (κ2) is 10.6. The van der Waals surface area contributed by atoms with Gasteiger partial charge in [0.05, 0.1) is 10.9 Å². The summed E-state index contributed by atoms with van der Waals surface area (Å²) in [6.07, 6.45) is 5.95. The van der Waals surface area contributed by atoms with Crippen LogP contribution in [0.4, 0.5) is 4.39 Å².